The van der Waals surface area contributed by atoms with Crippen LogP contribution in [-0.2, 0) is 6.42 Å². The monoisotopic (exact) mass is 171 g/mol. The van der Waals surface area contributed by atoms with E-state index in [0.717, 1.165) is 5.56 Å². The van der Waals surface area contributed by atoms with Gasteiger partial charge in [-0.2, -0.15) is 0 Å². The molecule has 4 N–H and O–H groups in total. The predicted molar refractivity (Wildman–Crippen MR) is 44.6 cm³/mol. The smallest absolute Gasteiger partial charge is 0.198 e. The lowest BCUT2D eigenvalue weighted by molar-refractivity contribution is 0.299. The van der Waals surface area contributed by atoms with E-state index in [4.69, 9.17) is 23.1 Å². The van der Waals surface area contributed by atoms with E-state index in [1.807, 2.05) is 0 Å². The molecule has 11 heavy (non-hydrogen) atoms. The Morgan fingerprint density at radius 1 is 1.73 bits per heavy atom. The second-order valence-electron chi connectivity index (χ2n) is 2.10. The number of hydrogen-bond acceptors (Lipinski definition) is 4. The number of hydrogen-bond donors (Lipinski definition) is 3. The first kappa shape index (κ1) is 8.16. The van der Waals surface area contributed by atoms with Crippen LogP contribution in [0, 0.1) is 4.77 Å². The number of aliphatic hydroxyl groups excluding tert-OH is 1. The average molecular weight is 171 g/mol. The molecule has 1 aromatic rings. The van der Waals surface area contributed by atoms with Gasteiger partial charge in [0, 0.05) is 24.8 Å². The number of anilines is 1. The zero-order valence-corrected chi connectivity index (χ0v) is 6.69. The van der Waals surface area contributed by atoms with Crippen molar-refractivity contribution < 1.29 is 5.11 Å². The zero-order chi connectivity index (χ0) is 8.27. The molecule has 60 valence electrons. The minimum Gasteiger partial charge on any atom is -0.396 e. The molecule has 0 aliphatic rings. The van der Waals surface area contributed by atoms with E-state index in [2.05, 4.69) is 9.97 Å². The summed E-state index contributed by atoms with van der Waals surface area (Å²) in [7, 11) is 0. The summed E-state index contributed by atoms with van der Waals surface area (Å²) in [6.45, 7) is 0.0660. The molecule has 4 nitrogen and oxygen atoms in total. The van der Waals surface area contributed by atoms with E-state index in [1.165, 1.54) is 0 Å². The van der Waals surface area contributed by atoms with Gasteiger partial charge in [0.25, 0.3) is 0 Å². The number of aliphatic hydroxyl groups is 1. The molecular formula is C6H9N3OS. The third-order valence-electron chi connectivity index (χ3n) is 1.31. The number of nitrogens with two attached hydrogens (primary N) is 1. The van der Waals surface area contributed by atoms with E-state index in [9.17, 15) is 0 Å². The Morgan fingerprint density at radius 2 is 2.45 bits per heavy atom. The molecule has 0 radical (unpaired) electrons. The first-order valence-electron chi connectivity index (χ1n) is 3.18. The minimum absolute atomic E-state index is 0.0660. The highest BCUT2D eigenvalue weighted by Crippen LogP contribution is 2.05. The molecule has 0 amide bonds. The van der Waals surface area contributed by atoms with Crippen LogP contribution in [0.1, 0.15) is 5.56 Å². The number of nitrogen functional groups attached to an aromatic ring is 1. The van der Waals surface area contributed by atoms with Crippen LogP contribution in [0.5, 0.6) is 0 Å². The normalized spacial score (nSPS) is 9.91. The van der Waals surface area contributed by atoms with Gasteiger partial charge >= 0.3 is 0 Å². The molecule has 0 saturated heterocycles. The molecule has 0 aliphatic heterocycles. The van der Waals surface area contributed by atoms with E-state index in [0.29, 0.717) is 17.0 Å². The second kappa shape index (κ2) is 3.45. The van der Waals surface area contributed by atoms with Crippen LogP contribution in [0.25, 0.3) is 0 Å². The van der Waals surface area contributed by atoms with Crippen molar-refractivity contribution in [2.45, 2.75) is 6.42 Å². The molecule has 0 fully saturated rings. The number of H-pyrrole nitrogens is 1. The summed E-state index contributed by atoms with van der Waals surface area (Å²) in [6, 6.07) is 0. The molecular weight excluding hydrogens is 162 g/mol. The highest BCUT2D eigenvalue weighted by molar-refractivity contribution is 7.71. The van der Waals surface area contributed by atoms with Crippen molar-refractivity contribution >= 4 is 18.0 Å². The Morgan fingerprint density at radius 3 is 3.00 bits per heavy atom. The largest absolute Gasteiger partial charge is 0.396 e. The van der Waals surface area contributed by atoms with Gasteiger partial charge in [0.2, 0.25) is 0 Å². The minimum atomic E-state index is 0.0660. The van der Waals surface area contributed by atoms with Gasteiger partial charge in [-0.25, -0.2) is 4.98 Å². The number of rotatable bonds is 2. The molecule has 0 atom stereocenters. The summed E-state index contributed by atoms with van der Waals surface area (Å²) < 4.78 is 0.365. The molecule has 0 unspecified atom stereocenters. The van der Waals surface area contributed by atoms with Crippen molar-refractivity contribution in [2.75, 3.05) is 12.3 Å². The summed E-state index contributed by atoms with van der Waals surface area (Å²) in [5.74, 6) is 0.485. The lowest BCUT2D eigenvalue weighted by Crippen LogP contribution is -2.01. The molecule has 0 aromatic carbocycles. The Bertz CT molecular complexity index is 296. The van der Waals surface area contributed by atoms with Gasteiger partial charge < -0.3 is 15.8 Å². The van der Waals surface area contributed by atoms with Crippen LogP contribution in [0.4, 0.5) is 5.82 Å². The van der Waals surface area contributed by atoms with Crippen LogP contribution >= 0.6 is 12.2 Å². The van der Waals surface area contributed by atoms with Crippen molar-refractivity contribution in [1.82, 2.24) is 9.97 Å². The molecule has 1 aromatic heterocycles. The third-order valence-corrected chi connectivity index (χ3v) is 1.51. The lowest BCUT2D eigenvalue weighted by atomic mass is 10.2. The van der Waals surface area contributed by atoms with Crippen molar-refractivity contribution in [2.24, 2.45) is 0 Å². The number of nitrogens with zero attached hydrogens (tertiary/aromatic N) is 1. The van der Waals surface area contributed by atoms with Crippen LogP contribution in [0.3, 0.4) is 0 Å². The van der Waals surface area contributed by atoms with E-state index >= 15 is 0 Å². The van der Waals surface area contributed by atoms with Crippen molar-refractivity contribution in [1.29, 1.82) is 0 Å². The Labute approximate surface area is 69.1 Å². The van der Waals surface area contributed by atoms with E-state index in [1.54, 1.807) is 6.20 Å². The first-order valence-corrected chi connectivity index (χ1v) is 3.59. The maximum Gasteiger partial charge on any atom is 0.198 e. The average Bonchev–Trinajstić information content (AvgIpc) is 1.95. The van der Waals surface area contributed by atoms with Crippen molar-refractivity contribution in [3.8, 4) is 0 Å². The third kappa shape index (κ3) is 1.99. The van der Waals surface area contributed by atoms with Gasteiger partial charge in [-0.1, -0.05) is 0 Å². The quantitative estimate of drug-likeness (QED) is 0.558. The van der Waals surface area contributed by atoms with Gasteiger partial charge in [0.15, 0.2) is 4.77 Å². The molecule has 0 bridgehead atoms. The van der Waals surface area contributed by atoms with Crippen molar-refractivity contribution in [3.05, 3.63) is 16.5 Å². The summed E-state index contributed by atoms with van der Waals surface area (Å²) in [6.07, 6.45) is 2.08. The molecule has 5 heteroatoms. The van der Waals surface area contributed by atoms with Gasteiger partial charge in [-0.15, -0.1) is 0 Å². The lowest BCUT2D eigenvalue weighted by Gasteiger charge is -2.00. The van der Waals surface area contributed by atoms with Gasteiger partial charge in [-0.05, 0) is 12.2 Å². The first-order chi connectivity index (χ1) is 5.24. The molecule has 0 spiro atoms. The van der Waals surface area contributed by atoms with E-state index in [-0.39, 0.29) is 6.61 Å². The topological polar surface area (TPSA) is 74.9 Å². The maximum absolute atomic E-state index is 8.59. The molecule has 1 rings (SSSR count). The SMILES string of the molecule is Nc1[nH]c(=S)ncc1CCO. The molecule has 1 heterocycles. The summed E-state index contributed by atoms with van der Waals surface area (Å²) in [5.41, 5.74) is 6.33. The van der Waals surface area contributed by atoms with Gasteiger partial charge in [0.05, 0.1) is 0 Å². The maximum atomic E-state index is 8.59. The number of nitrogens with one attached hydrogen (secondary N) is 1. The Hall–Kier alpha value is -0.940. The van der Waals surface area contributed by atoms with Gasteiger partial charge in [-0.3, -0.25) is 0 Å². The second-order valence-corrected chi connectivity index (χ2v) is 2.49. The summed E-state index contributed by atoms with van der Waals surface area (Å²) in [4.78, 5) is 6.52. The fourth-order valence-electron chi connectivity index (χ4n) is 0.754. The highest BCUT2D eigenvalue weighted by atomic mass is 32.1. The van der Waals surface area contributed by atoms with Crippen LogP contribution in [0.2, 0.25) is 0 Å². The summed E-state index contributed by atoms with van der Waals surface area (Å²) in [5, 5.41) is 8.59. The van der Waals surface area contributed by atoms with Crippen LogP contribution in [0.15, 0.2) is 6.20 Å². The zero-order valence-electron chi connectivity index (χ0n) is 5.87. The summed E-state index contributed by atoms with van der Waals surface area (Å²) >= 11 is 4.73. The van der Waals surface area contributed by atoms with Crippen LogP contribution < -0.4 is 5.73 Å². The highest BCUT2D eigenvalue weighted by Gasteiger charge is 1.97. The fraction of sp³-hybridized carbons (Fsp3) is 0.333. The van der Waals surface area contributed by atoms with Gasteiger partial charge in [0.1, 0.15) is 5.82 Å². The predicted octanol–water partition coefficient (Wildman–Crippen LogP) is 0.256. The van der Waals surface area contributed by atoms with Crippen molar-refractivity contribution in [3.63, 3.8) is 0 Å². The number of aromatic nitrogens is 2. The van der Waals surface area contributed by atoms with Crippen LogP contribution in [-0.4, -0.2) is 21.7 Å². The van der Waals surface area contributed by atoms with E-state index < -0.39 is 0 Å². The number of aromatic amines is 1. The molecule has 0 aliphatic carbocycles. The fourth-order valence-corrected chi connectivity index (χ4v) is 0.916. The molecule has 0 saturated carbocycles. The Balaban J connectivity index is 2.99. The standard InChI is InChI=1S/C6H9N3OS/c7-5-4(1-2-10)3-8-6(11)9-5/h3,10H,1-2H2,(H3,7,8,9,11). The Kier molecular flexibility index (Phi) is 2.56.